The van der Waals surface area contributed by atoms with Gasteiger partial charge < -0.3 is 9.47 Å². The van der Waals surface area contributed by atoms with Crippen molar-refractivity contribution in [1.82, 2.24) is 0 Å². The van der Waals surface area contributed by atoms with Gasteiger partial charge in [-0.25, -0.2) is 4.79 Å². The molecule has 4 heteroatoms. The predicted octanol–water partition coefficient (Wildman–Crippen LogP) is 3.29. The summed E-state index contributed by atoms with van der Waals surface area (Å²) in [4.78, 5) is 11.1. The molecule has 0 bridgehead atoms. The maximum absolute atomic E-state index is 11.1. The van der Waals surface area contributed by atoms with E-state index in [4.69, 9.17) is 9.47 Å². The molecular formula is C10H11IO3. The Morgan fingerprint density at radius 3 is 2.64 bits per heavy atom. The molecule has 0 aliphatic carbocycles. The topological polar surface area (TPSA) is 35.5 Å². The van der Waals surface area contributed by atoms with Crippen molar-refractivity contribution in [1.29, 1.82) is 0 Å². The molecule has 0 fully saturated rings. The van der Waals surface area contributed by atoms with Crippen LogP contribution in [-0.2, 0) is 4.74 Å². The van der Waals surface area contributed by atoms with Crippen molar-refractivity contribution in [3.05, 3.63) is 29.8 Å². The summed E-state index contributed by atoms with van der Waals surface area (Å²) >= 11 is 1.99. The van der Waals surface area contributed by atoms with Crippen LogP contribution in [0, 0.1) is 6.92 Å². The minimum Gasteiger partial charge on any atom is -0.420 e. The number of para-hydroxylation sites is 1. The summed E-state index contributed by atoms with van der Waals surface area (Å²) < 4.78 is 9.63. The molecule has 0 aliphatic rings. The van der Waals surface area contributed by atoms with Gasteiger partial charge in [0.05, 0.1) is 0 Å². The molecule has 1 unspecified atom stereocenters. The molecule has 76 valence electrons. The molecule has 0 aliphatic heterocycles. The van der Waals surface area contributed by atoms with Crippen molar-refractivity contribution in [2.45, 2.75) is 18.0 Å². The van der Waals surface area contributed by atoms with Crippen molar-refractivity contribution in [3.8, 4) is 5.75 Å². The molecule has 1 atom stereocenters. The lowest BCUT2D eigenvalue weighted by Crippen LogP contribution is -2.14. The molecule has 0 radical (unpaired) electrons. The largest absolute Gasteiger partial charge is 0.514 e. The molecule has 14 heavy (non-hydrogen) atoms. The predicted molar refractivity (Wildman–Crippen MR) is 61.8 cm³/mol. The van der Waals surface area contributed by atoms with Gasteiger partial charge in [0.25, 0.3) is 0 Å². The Balaban J connectivity index is 2.61. The van der Waals surface area contributed by atoms with Gasteiger partial charge in [0.15, 0.2) is 4.11 Å². The highest BCUT2D eigenvalue weighted by Gasteiger charge is 2.09. The number of ether oxygens (including phenoxy) is 2. The van der Waals surface area contributed by atoms with Gasteiger partial charge in [-0.3, -0.25) is 0 Å². The second-order valence-corrected chi connectivity index (χ2v) is 4.53. The van der Waals surface area contributed by atoms with E-state index in [-0.39, 0.29) is 4.11 Å². The summed E-state index contributed by atoms with van der Waals surface area (Å²) in [6, 6.07) is 7.29. The van der Waals surface area contributed by atoms with Crippen LogP contribution in [0.25, 0.3) is 0 Å². The molecule has 0 amide bonds. The molecular weight excluding hydrogens is 295 g/mol. The van der Waals surface area contributed by atoms with Crippen LogP contribution in [0.3, 0.4) is 0 Å². The number of hydrogen-bond acceptors (Lipinski definition) is 3. The highest BCUT2D eigenvalue weighted by Crippen LogP contribution is 2.17. The van der Waals surface area contributed by atoms with Crippen LogP contribution in [-0.4, -0.2) is 10.3 Å². The van der Waals surface area contributed by atoms with Gasteiger partial charge in [-0.2, -0.15) is 0 Å². The molecule has 3 nitrogen and oxygen atoms in total. The number of alkyl halides is 1. The molecule has 0 saturated carbocycles. The summed E-state index contributed by atoms with van der Waals surface area (Å²) in [7, 11) is 0. The van der Waals surface area contributed by atoms with Gasteiger partial charge in [-0.15, -0.1) is 0 Å². The quantitative estimate of drug-likeness (QED) is 0.364. The van der Waals surface area contributed by atoms with E-state index in [2.05, 4.69) is 0 Å². The van der Waals surface area contributed by atoms with E-state index >= 15 is 0 Å². The Morgan fingerprint density at radius 2 is 2.07 bits per heavy atom. The number of halogens is 1. The number of benzene rings is 1. The van der Waals surface area contributed by atoms with Crippen LogP contribution in [0.2, 0.25) is 0 Å². The minimum atomic E-state index is -0.666. The Bertz CT molecular complexity index is 323. The zero-order chi connectivity index (χ0) is 10.6. The maximum Gasteiger partial charge on any atom is 0.514 e. The molecule has 1 aromatic rings. The van der Waals surface area contributed by atoms with Crippen LogP contribution >= 0.6 is 22.6 Å². The number of carbonyl (C=O) groups excluding carboxylic acids is 1. The fourth-order valence-electron chi connectivity index (χ4n) is 0.917. The molecule has 1 rings (SSSR count). The molecule has 0 saturated heterocycles. The Hall–Kier alpha value is -0.780. The van der Waals surface area contributed by atoms with E-state index in [1.165, 1.54) is 0 Å². The summed E-state index contributed by atoms with van der Waals surface area (Å²) in [5.74, 6) is 0.537. The summed E-state index contributed by atoms with van der Waals surface area (Å²) in [6.45, 7) is 3.63. The zero-order valence-corrected chi connectivity index (χ0v) is 10.1. The van der Waals surface area contributed by atoms with Gasteiger partial charge in [-0.1, -0.05) is 18.2 Å². The Morgan fingerprint density at radius 1 is 1.43 bits per heavy atom. The second kappa shape index (κ2) is 5.19. The first-order chi connectivity index (χ1) is 6.59. The summed E-state index contributed by atoms with van der Waals surface area (Å²) in [5.41, 5.74) is 0.908. The van der Waals surface area contributed by atoms with Crippen LogP contribution in [0.4, 0.5) is 4.79 Å². The first-order valence-electron chi connectivity index (χ1n) is 4.18. The lowest BCUT2D eigenvalue weighted by Gasteiger charge is -2.08. The average Bonchev–Trinajstić information content (AvgIpc) is 2.07. The smallest absolute Gasteiger partial charge is 0.420 e. The zero-order valence-electron chi connectivity index (χ0n) is 7.99. The molecule has 0 aromatic heterocycles. The SMILES string of the molecule is Cc1ccccc1OC(=O)OC(C)I. The number of rotatable bonds is 2. The number of carbonyl (C=O) groups is 1. The van der Waals surface area contributed by atoms with Crippen molar-refractivity contribution < 1.29 is 14.3 Å². The van der Waals surface area contributed by atoms with Gasteiger partial charge in [-0.05, 0) is 48.1 Å². The van der Waals surface area contributed by atoms with E-state index in [0.717, 1.165) is 5.56 Å². The van der Waals surface area contributed by atoms with E-state index in [0.29, 0.717) is 5.75 Å². The van der Waals surface area contributed by atoms with E-state index in [1.807, 2.05) is 47.7 Å². The molecule has 0 N–H and O–H groups in total. The van der Waals surface area contributed by atoms with Crippen LogP contribution in [0.5, 0.6) is 5.75 Å². The fourth-order valence-corrected chi connectivity index (χ4v) is 1.12. The molecule has 0 spiro atoms. The van der Waals surface area contributed by atoms with Gasteiger partial charge in [0.1, 0.15) is 5.75 Å². The van der Waals surface area contributed by atoms with Gasteiger partial charge in [0, 0.05) is 0 Å². The molecule has 1 aromatic carbocycles. The fraction of sp³-hybridized carbons (Fsp3) is 0.300. The van der Waals surface area contributed by atoms with Crippen molar-refractivity contribution in [3.63, 3.8) is 0 Å². The summed E-state index contributed by atoms with van der Waals surface area (Å²) in [6.07, 6.45) is -0.666. The first-order valence-corrected chi connectivity index (χ1v) is 5.42. The average molecular weight is 306 g/mol. The van der Waals surface area contributed by atoms with Gasteiger partial charge >= 0.3 is 6.16 Å². The standard InChI is InChI=1S/C10H11IO3/c1-7-5-3-4-6-9(7)14-10(12)13-8(2)11/h3-6,8H,1-2H3. The van der Waals surface area contributed by atoms with Crippen molar-refractivity contribution in [2.75, 3.05) is 0 Å². The van der Waals surface area contributed by atoms with E-state index < -0.39 is 6.16 Å². The normalized spacial score (nSPS) is 11.9. The van der Waals surface area contributed by atoms with E-state index in [9.17, 15) is 4.79 Å². The van der Waals surface area contributed by atoms with Crippen LogP contribution in [0.15, 0.2) is 24.3 Å². The van der Waals surface area contributed by atoms with Crippen molar-refractivity contribution in [2.24, 2.45) is 0 Å². The number of aryl methyl sites for hydroxylation is 1. The van der Waals surface area contributed by atoms with Crippen LogP contribution < -0.4 is 4.74 Å². The highest BCUT2D eigenvalue weighted by atomic mass is 127. The summed E-state index contributed by atoms with van der Waals surface area (Å²) in [5, 5.41) is 0. The number of hydrogen-bond donors (Lipinski definition) is 0. The first kappa shape index (κ1) is 11.3. The minimum absolute atomic E-state index is 0.191. The second-order valence-electron chi connectivity index (χ2n) is 2.78. The Labute approximate surface area is 96.5 Å². The maximum atomic E-state index is 11.1. The third-order valence-corrected chi connectivity index (χ3v) is 1.80. The lowest BCUT2D eigenvalue weighted by molar-refractivity contribution is 0.0986. The third kappa shape index (κ3) is 3.53. The molecule has 0 heterocycles. The van der Waals surface area contributed by atoms with Gasteiger partial charge in [0.2, 0.25) is 0 Å². The Kier molecular flexibility index (Phi) is 4.19. The van der Waals surface area contributed by atoms with Crippen molar-refractivity contribution >= 4 is 28.7 Å². The highest BCUT2D eigenvalue weighted by molar-refractivity contribution is 14.1. The van der Waals surface area contributed by atoms with E-state index in [1.54, 1.807) is 13.0 Å². The lowest BCUT2D eigenvalue weighted by atomic mass is 10.2. The monoisotopic (exact) mass is 306 g/mol. The third-order valence-electron chi connectivity index (χ3n) is 1.55. The van der Waals surface area contributed by atoms with Crippen LogP contribution in [0.1, 0.15) is 12.5 Å².